The number of rotatable bonds is 4. The van der Waals surface area contributed by atoms with Crippen molar-refractivity contribution in [2.45, 2.75) is 6.92 Å². The van der Waals surface area contributed by atoms with E-state index in [4.69, 9.17) is 9.84 Å². The molecule has 0 aromatic carbocycles. The lowest BCUT2D eigenvalue weighted by Crippen LogP contribution is -1.91. The van der Waals surface area contributed by atoms with Crippen LogP contribution in [0.5, 0.6) is 0 Å². The van der Waals surface area contributed by atoms with Crippen molar-refractivity contribution >= 4 is 0 Å². The summed E-state index contributed by atoms with van der Waals surface area (Å²) in [5, 5.41) is 8.25. The van der Waals surface area contributed by atoms with E-state index >= 15 is 0 Å². The van der Waals surface area contributed by atoms with Crippen molar-refractivity contribution in [3.8, 4) is 0 Å². The molecule has 0 heterocycles. The Balaban J connectivity index is 3.04. The van der Waals surface area contributed by atoms with E-state index in [9.17, 15) is 0 Å². The van der Waals surface area contributed by atoms with Gasteiger partial charge < -0.3 is 9.84 Å². The third-order valence-corrected chi connectivity index (χ3v) is 0.687. The monoisotopic (exact) mass is 128 g/mol. The minimum absolute atomic E-state index is 0.0696. The molecule has 9 heavy (non-hydrogen) atoms. The predicted molar refractivity (Wildman–Crippen MR) is 37.0 cm³/mol. The number of hydrogen-bond acceptors (Lipinski definition) is 2. The van der Waals surface area contributed by atoms with Gasteiger partial charge in [-0.15, -0.1) is 0 Å². The van der Waals surface area contributed by atoms with E-state index in [0.717, 1.165) is 0 Å². The number of ether oxygens (including phenoxy) is 1. The molecular formula is C7H12O2. The molecule has 52 valence electrons. The van der Waals surface area contributed by atoms with Crippen molar-refractivity contribution in [1.82, 2.24) is 0 Å². The predicted octanol–water partition coefficient (Wildman–Crippen LogP) is 1.09. The van der Waals surface area contributed by atoms with E-state index in [1.807, 2.05) is 19.1 Å². The summed E-state index contributed by atoms with van der Waals surface area (Å²) in [6.07, 6.45) is 7.09. The van der Waals surface area contributed by atoms with Crippen molar-refractivity contribution in [2.24, 2.45) is 0 Å². The highest BCUT2D eigenvalue weighted by Gasteiger charge is 1.72. The first kappa shape index (κ1) is 8.24. The lowest BCUT2D eigenvalue weighted by atomic mass is 10.5. The van der Waals surface area contributed by atoms with Gasteiger partial charge in [-0.05, 0) is 13.0 Å². The Labute approximate surface area is 55.5 Å². The highest BCUT2D eigenvalue weighted by Crippen LogP contribution is 1.78. The van der Waals surface area contributed by atoms with Gasteiger partial charge in [-0.1, -0.05) is 12.2 Å². The molecule has 2 nitrogen and oxygen atoms in total. The molecule has 0 saturated heterocycles. The van der Waals surface area contributed by atoms with Gasteiger partial charge in [0, 0.05) is 0 Å². The van der Waals surface area contributed by atoms with E-state index < -0.39 is 0 Å². The Hall–Kier alpha value is -0.760. The van der Waals surface area contributed by atoms with Crippen LogP contribution in [0.4, 0.5) is 0 Å². The smallest absolute Gasteiger partial charge is 0.110 e. The largest absolute Gasteiger partial charge is 0.499 e. The highest BCUT2D eigenvalue weighted by atomic mass is 16.5. The van der Waals surface area contributed by atoms with Crippen LogP contribution in [0.25, 0.3) is 0 Å². The van der Waals surface area contributed by atoms with E-state index in [0.29, 0.717) is 6.61 Å². The maximum Gasteiger partial charge on any atom is 0.110 e. The molecule has 0 amide bonds. The fraction of sp³-hybridized carbons (Fsp3) is 0.429. The molecule has 2 heteroatoms. The zero-order valence-corrected chi connectivity index (χ0v) is 5.58. The molecule has 0 aromatic heterocycles. The van der Waals surface area contributed by atoms with Crippen LogP contribution in [-0.2, 0) is 4.74 Å². The number of aliphatic hydroxyl groups excluding tert-OH is 1. The van der Waals surface area contributed by atoms with E-state index in [1.165, 1.54) is 0 Å². The Morgan fingerprint density at radius 1 is 1.44 bits per heavy atom. The zero-order chi connectivity index (χ0) is 6.95. The number of allylic oxidation sites excluding steroid dienone is 3. The molecule has 0 rings (SSSR count). The molecule has 0 radical (unpaired) electrons. The van der Waals surface area contributed by atoms with Gasteiger partial charge in [0.2, 0.25) is 0 Å². The second-order valence-electron chi connectivity index (χ2n) is 1.45. The Bertz CT molecular complexity index is 95.1. The average molecular weight is 128 g/mol. The maximum absolute atomic E-state index is 8.25. The molecule has 0 saturated carbocycles. The molecule has 0 aromatic rings. The minimum atomic E-state index is 0.0696. The second-order valence-corrected chi connectivity index (χ2v) is 1.45. The molecule has 1 N–H and O–H groups in total. The standard InChI is InChI=1S/C7H12O2/c1-2-3-4-6-9-7-5-8/h2-4,6,8H,5,7H2,1H3. The normalized spacial score (nSPS) is 11.3. The van der Waals surface area contributed by atoms with E-state index in [-0.39, 0.29) is 6.61 Å². The molecular weight excluding hydrogens is 116 g/mol. The number of aliphatic hydroxyl groups is 1. The third kappa shape index (κ3) is 7.24. The van der Waals surface area contributed by atoms with Gasteiger partial charge in [-0.2, -0.15) is 0 Å². The van der Waals surface area contributed by atoms with Crippen molar-refractivity contribution < 1.29 is 9.84 Å². The zero-order valence-electron chi connectivity index (χ0n) is 5.58. The molecule has 0 aliphatic rings. The van der Waals surface area contributed by atoms with Crippen LogP contribution < -0.4 is 0 Å². The highest BCUT2D eigenvalue weighted by molar-refractivity contribution is 4.97. The number of hydrogen-bond donors (Lipinski definition) is 1. The van der Waals surface area contributed by atoms with Crippen LogP contribution in [0.15, 0.2) is 24.5 Å². The van der Waals surface area contributed by atoms with Crippen LogP contribution in [-0.4, -0.2) is 18.3 Å². The van der Waals surface area contributed by atoms with Crippen molar-refractivity contribution in [1.29, 1.82) is 0 Å². The van der Waals surface area contributed by atoms with Crippen LogP contribution in [0.1, 0.15) is 6.92 Å². The van der Waals surface area contributed by atoms with Gasteiger partial charge in [-0.25, -0.2) is 0 Å². The Morgan fingerprint density at radius 2 is 2.22 bits per heavy atom. The molecule has 0 aliphatic carbocycles. The summed E-state index contributed by atoms with van der Waals surface area (Å²) in [6, 6.07) is 0. The summed E-state index contributed by atoms with van der Waals surface area (Å²) in [7, 11) is 0. The van der Waals surface area contributed by atoms with Crippen molar-refractivity contribution in [3.05, 3.63) is 24.5 Å². The summed E-state index contributed by atoms with van der Waals surface area (Å²) in [4.78, 5) is 0. The molecule has 0 unspecified atom stereocenters. The summed E-state index contributed by atoms with van der Waals surface area (Å²) in [5.74, 6) is 0. The van der Waals surface area contributed by atoms with Crippen LogP contribution in [0.2, 0.25) is 0 Å². The van der Waals surface area contributed by atoms with Gasteiger partial charge >= 0.3 is 0 Å². The van der Waals surface area contributed by atoms with Crippen LogP contribution >= 0.6 is 0 Å². The third-order valence-electron chi connectivity index (χ3n) is 0.687. The quantitative estimate of drug-likeness (QED) is 0.349. The summed E-state index contributed by atoms with van der Waals surface area (Å²) < 4.78 is 4.80. The fourth-order valence-electron chi connectivity index (χ4n) is 0.333. The lowest BCUT2D eigenvalue weighted by molar-refractivity contribution is 0.166. The van der Waals surface area contributed by atoms with E-state index in [2.05, 4.69) is 0 Å². The topological polar surface area (TPSA) is 29.5 Å². The van der Waals surface area contributed by atoms with Crippen molar-refractivity contribution in [3.63, 3.8) is 0 Å². The first-order chi connectivity index (χ1) is 4.41. The van der Waals surface area contributed by atoms with Gasteiger partial charge in [0.1, 0.15) is 6.61 Å². The first-order valence-corrected chi connectivity index (χ1v) is 2.92. The average Bonchev–Trinajstić information content (AvgIpc) is 1.89. The van der Waals surface area contributed by atoms with Crippen molar-refractivity contribution in [2.75, 3.05) is 13.2 Å². The Morgan fingerprint density at radius 3 is 2.78 bits per heavy atom. The van der Waals surface area contributed by atoms with Gasteiger partial charge in [0.15, 0.2) is 0 Å². The van der Waals surface area contributed by atoms with Gasteiger partial charge in [0.25, 0.3) is 0 Å². The SMILES string of the molecule is CC=CC=COCCO. The molecule has 0 aliphatic heterocycles. The second kappa shape index (κ2) is 7.24. The summed E-state index contributed by atoms with van der Waals surface area (Å²) >= 11 is 0. The first-order valence-electron chi connectivity index (χ1n) is 2.92. The maximum atomic E-state index is 8.25. The molecule has 0 bridgehead atoms. The fourth-order valence-corrected chi connectivity index (χ4v) is 0.333. The van der Waals surface area contributed by atoms with Gasteiger partial charge in [-0.3, -0.25) is 0 Å². The molecule has 0 spiro atoms. The van der Waals surface area contributed by atoms with Crippen LogP contribution in [0, 0.1) is 0 Å². The van der Waals surface area contributed by atoms with E-state index in [1.54, 1.807) is 12.3 Å². The lowest BCUT2D eigenvalue weighted by Gasteiger charge is -1.91. The molecule has 0 fully saturated rings. The summed E-state index contributed by atoms with van der Waals surface area (Å²) in [6.45, 7) is 2.37. The van der Waals surface area contributed by atoms with Gasteiger partial charge in [0.05, 0.1) is 12.9 Å². The van der Waals surface area contributed by atoms with Crippen LogP contribution in [0.3, 0.4) is 0 Å². The summed E-state index contributed by atoms with van der Waals surface area (Å²) in [5.41, 5.74) is 0. The minimum Gasteiger partial charge on any atom is -0.499 e. The molecule has 0 atom stereocenters. The Kier molecular flexibility index (Phi) is 6.63.